The van der Waals surface area contributed by atoms with Crippen molar-refractivity contribution in [3.8, 4) is 0 Å². The molecule has 3 heterocycles. The van der Waals surface area contributed by atoms with Crippen LogP contribution >= 0.6 is 7.60 Å². The highest BCUT2D eigenvalue weighted by molar-refractivity contribution is 7.53. The fraction of sp³-hybridized carbons (Fsp3) is 0.667. The van der Waals surface area contributed by atoms with Gasteiger partial charge in [0.15, 0.2) is 0 Å². The number of aromatic amines is 3. The monoisotopic (exact) mass is 473 g/mol. The average Bonchev–Trinajstić information content (AvgIpc) is 3.30. The van der Waals surface area contributed by atoms with Gasteiger partial charge in [-0.3, -0.25) is 19.4 Å². The summed E-state index contributed by atoms with van der Waals surface area (Å²) in [6.45, 7) is 4.93. The number of aliphatic hydroxyl groups excluding tert-OH is 2. The van der Waals surface area contributed by atoms with Crippen molar-refractivity contribution in [3.05, 3.63) is 44.0 Å². The van der Waals surface area contributed by atoms with Crippen LogP contribution in [-0.4, -0.2) is 70.6 Å². The summed E-state index contributed by atoms with van der Waals surface area (Å²) in [5, 5.41) is 31.0. The Kier molecular flexibility index (Phi) is 7.48. The van der Waals surface area contributed by atoms with Crippen LogP contribution in [0.4, 0.5) is 0 Å². The average molecular weight is 473 g/mol. The maximum absolute atomic E-state index is 12.6. The molecule has 0 aromatic carbocycles. The molecule has 32 heavy (non-hydrogen) atoms. The molecule has 6 N–H and O–H groups in total. The van der Waals surface area contributed by atoms with Gasteiger partial charge in [-0.15, -0.1) is 5.10 Å². The topological polar surface area (TPSA) is 204 Å². The third kappa shape index (κ3) is 5.25. The van der Waals surface area contributed by atoms with E-state index in [4.69, 9.17) is 9.26 Å². The summed E-state index contributed by atoms with van der Waals surface area (Å²) in [7, 11) is -3.87. The predicted molar refractivity (Wildman–Crippen MR) is 111 cm³/mol. The smallest absolute Gasteiger partial charge is 0.331 e. The summed E-state index contributed by atoms with van der Waals surface area (Å²) < 4.78 is 23.4. The highest BCUT2D eigenvalue weighted by atomic mass is 31.2. The first kappa shape index (κ1) is 24.5. The van der Waals surface area contributed by atoms with Gasteiger partial charge in [-0.1, -0.05) is 19.1 Å². The van der Waals surface area contributed by atoms with E-state index in [2.05, 4.69) is 25.4 Å². The molecule has 3 rings (SSSR count). The second kappa shape index (κ2) is 9.77. The van der Waals surface area contributed by atoms with Gasteiger partial charge in [-0.2, -0.15) is 0 Å². The summed E-state index contributed by atoms with van der Waals surface area (Å²) in [4.78, 5) is 39.1. The summed E-state index contributed by atoms with van der Waals surface area (Å²) in [6.07, 6.45) is -3.91. The summed E-state index contributed by atoms with van der Waals surface area (Å²) in [5.41, 5.74) is -1.54. The Labute approximate surface area is 182 Å². The van der Waals surface area contributed by atoms with Gasteiger partial charge >= 0.3 is 13.3 Å². The second-order valence-electron chi connectivity index (χ2n) is 7.99. The number of nitrogens with one attached hydrogen (secondary N) is 3. The molecule has 1 saturated heterocycles. The zero-order valence-corrected chi connectivity index (χ0v) is 18.8. The first-order valence-corrected chi connectivity index (χ1v) is 11.9. The van der Waals surface area contributed by atoms with Gasteiger partial charge in [0, 0.05) is 24.7 Å². The van der Waals surface area contributed by atoms with Crippen molar-refractivity contribution in [1.82, 2.24) is 25.4 Å². The highest BCUT2D eigenvalue weighted by Gasteiger charge is 2.46. The van der Waals surface area contributed by atoms with Crippen LogP contribution in [0.25, 0.3) is 0 Å². The fourth-order valence-corrected chi connectivity index (χ4v) is 4.89. The molecule has 2 aromatic rings. The van der Waals surface area contributed by atoms with Crippen LogP contribution in [0.2, 0.25) is 0 Å². The molecule has 13 nitrogen and oxygen atoms in total. The van der Waals surface area contributed by atoms with Crippen LogP contribution in [0.3, 0.4) is 0 Å². The fourth-order valence-electron chi connectivity index (χ4n) is 3.62. The molecule has 0 amide bonds. The van der Waals surface area contributed by atoms with Crippen LogP contribution in [0.15, 0.2) is 15.8 Å². The van der Waals surface area contributed by atoms with Gasteiger partial charge in [-0.25, -0.2) is 4.79 Å². The molecule has 1 fully saturated rings. The SMILES string of the molecule is CCC(C)P(=O)(O)OC(C)C[C@H]1O[C@@H](c2c(Cc3c[nH]nn3)[nH]c(=O)[nH]c2=O)[C@@H](O)C1O. The van der Waals surface area contributed by atoms with Gasteiger partial charge in [-0.05, 0) is 13.3 Å². The Morgan fingerprint density at radius 3 is 2.59 bits per heavy atom. The number of aliphatic hydroxyl groups is 2. The molecular weight excluding hydrogens is 445 g/mol. The highest BCUT2D eigenvalue weighted by Crippen LogP contribution is 2.50. The van der Waals surface area contributed by atoms with Gasteiger partial charge < -0.3 is 29.4 Å². The molecule has 0 spiro atoms. The van der Waals surface area contributed by atoms with Crippen molar-refractivity contribution in [1.29, 1.82) is 0 Å². The van der Waals surface area contributed by atoms with Gasteiger partial charge in [0.05, 0.1) is 29.1 Å². The van der Waals surface area contributed by atoms with Crippen LogP contribution in [0.5, 0.6) is 0 Å². The normalized spacial score (nSPS) is 27.2. The maximum atomic E-state index is 12.6. The summed E-state index contributed by atoms with van der Waals surface area (Å²) in [6, 6.07) is 0. The standard InChI is InChI=1S/C18H28N5O8P/c1-4-9(3)32(28,29)31-8(2)5-12-14(24)15(25)16(30-12)13-11(6-10-7-19-23-22-10)20-18(27)21-17(13)26/h7-9,12,14-16,24-25H,4-6H2,1-3H3,(H,28,29)(H,19,22,23)(H2,20,21,26,27)/t8?,9?,12-,14?,15+,16+/m1/s1. The first-order valence-electron chi connectivity index (χ1n) is 10.3. The molecule has 2 aromatic heterocycles. The first-order chi connectivity index (χ1) is 15.0. The number of aromatic nitrogens is 5. The largest absolute Gasteiger partial charge is 0.388 e. The third-order valence-electron chi connectivity index (χ3n) is 5.58. The van der Waals surface area contributed by atoms with Gasteiger partial charge in [0.25, 0.3) is 5.56 Å². The Balaban J connectivity index is 1.81. The van der Waals surface area contributed by atoms with E-state index in [1.165, 1.54) is 6.20 Å². The van der Waals surface area contributed by atoms with Crippen molar-refractivity contribution in [2.45, 2.75) is 76.2 Å². The van der Waals surface area contributed by atoms with Crippen LogP contribution in [-0.2, 0) is 20.2 Å². The minimum atomic E-state index is -3.87. The molecule has 0 saturated carbocycles. The molecule has 4 unspecified atom stereocenters. The summed E-state index contributed by atoms with van der Waals surface area (Å²) >= 11 is 0. The lowest BCUT2D eigenvalue weighted by Gasteiger charge is -2.24. The van der Waals surface area contributed by atoms with Crippen molar-refractivity contribution in [2.24, 2.45) is 0 Å². The zero-order chi connectivity index (χ0) is 23.6. The Morgan fingerprint density at radius 2 is 1.97 bits per heavy atom. The van der Waals surface area contributed by atoms with E-state index in [1.54, 1.807) is 20.8 Å². The molecule has 1 aliphatic rings. The number of rotatable bonds is 9. The number of H-pyrrole nitrogens is 3. The molecule has 0 bridgehead atoms. The number of ether oxygens (including phenoxy) is 1. The van der Waals surface area contributed by atoms with Crippen LogP contribution < -0.4 is 11.2 Å². The van der Waals surface area contributed by atoms with Crippen LogP contribution in [0.1, 0.15) is 56.7 Å². The van der Waals surface area contributed by atoms with Crippen molar-refractivity contribution in [3.63, 3.8) is 0 Å². The minimum absolute atomic E-state index is 0.00438. The van der Waals surface area contributed by atoms with E-state index in [1.807, 2.05) is 0 Å². The molecule has 0 radical (unpaired) electrons. The van der Waals surface area contributed by atoms with Crippen molar-refractivity contribution in [2.75, 3.05) is 0 Å². The predicted octanol–water partition coefficient (Wildman–Crippen LogP) is -0.287. The zero-order valence-electron chi connectivity index (χ0n) is 17.9. The van der Waals surface area contributed by atoms with Crippen LogP contribution in [0, 0.1) is 0 Å². The molecule has 1 aliphatic heterocycles. The van der Waals surface area contributed by atoms with Crippen molar-refractivity contribution >= 4 is 7.60 Å². The van der Waals surface area contributed by atoms with Crippen molar-refractivity contribution < 1.29 is 28.9 Å². The van der Waals surface area contributed by atoms with E-state index < -0.39 is 55.0 Å². The van der Waals surface area contributed by atoms with E-state index in [0.717, 1.165) is 0 Å². The molecule has 14 heteroatoms. The second-order valence-corrected chi connectivity index (χ2v) is 10.2. The molecule has 178 valence electrons. The summed E-state index contributed by atoms with van der Waals surface area (Å²) in [5.74, 6) is 0. The minimum Gasteiger partial charge on any atom is -0.388 e. The quantitative estimate of drug-likeness (QED) is 0.263. The number of hydrogen-bond acceptors (Lipinski definition) is 9. The molecular formula is C18H28N5O8P. The lowest BCUT2D eigenvalue weighted by Crippen LogP contribution is -2.35. The van der Waals surface area contributed by atoms with Gasteiger partial charge in [0.2, 0.25) is 0 Å². The Morgan fingerprint density at radius 1 is 1.25 bits per heavy atom. The van der Waals surface area contributed by atoms with E-state index >= 15 is 0 Å². The molecule has 0 aliphatic carbocycles. The number of hydrogen-bond donors (Lipinski definition) is 6. The van der Waals surface area contributed by atoms with E-state index in [0.29, 0.717) is 12.1 Å². The van der Waals surface area contributed by atoms with Gasteiger partial charge in [0.1, 0.15) is 18.3 Å². The number of nitrogens with zero attached hydrogens (tertiary/aromatic N) is 2. The van der Waals surface area contributed by atoms with E-state index in [9.17, 15) is 29.3 Å². The lowest BCUT2D eigenvalue weighted by atomic mass is 9.98. The lowest BCUT2D eigenvalue weighted by molar-refractivity contribution is -0.0159. The third-order valence-corrected chi connectivity index (χ3v) is 7.72. The van der Waals surface area contributed by atoms with E-state index in [-0.39, 0.29) is 24.1 Å². The maximum Gasteiger partial charge on any atom is 0.331 e. The Bertz CT molecular complexity index is 1070. The Hall–Kier alpha value is -2.15. The molecule has 7 atom stereocenters.